The summed E-state index contributed by atoms with van der Waals surface area (Å²) in [5, 5.41) is 12.7. The lowest BCUT2D eigenvalue weighted by Gasteiger charge is -2.21. The summed E-state index contributed by atoms with van der Waals surface area (Å²) in [4.78, 5) is 15.2. The summed E-state index contributed by atoms with van der Waals surface area (Å²) in [7, 11) is -2.51. The van der Waals surface area contributed by atoms with Crippen LogP contribution >= 0.6 is 0 Å². The highest BCUT2D eigenvalue weighted by Gasteiger charge is 2.34. The highest BCUT2D eigenvalue weighted by Crippen LogP contribution is 2.32. The maximum atomic E-state index is 14.0. The molecule has 0 saturated carbocycles. The van der Waals surface area contributed by atoms with Gasteiger partial charge in [0.05, 0.1) is 17.0 Å². The molecule has 1 N–H and O–H groups in total. The Morgan fingerprint density at radius 2 is 2.15 bits per heavy atom. The molecule has 0 fully saturated rings. The van der Waals surface area contributed by atoms with Crippen molar-refractivity contribution in [3.05, 3.63) is 28.6 Å². The molecule has 0 radical (unpaired) electrons. The fourth-order valence-electron chi connectivity index (χ4n) is 2.26. The van der Waals surface area contributed by atoms with Crippen LogP contribution in [0, 0.1) is 12.7 Å². The molecule has 1 heterocycles. The number of rotatable bonds is 2. The number of nitrogens with zero attached hydrogens (tertiary/aromatic N) is 1. The molecule has 6 nitrogen and oxygen atoms in total. The van der Waals surface area contributed by atoms with Gasteiger partial charge in [0.25, 0.3) is 0 Å². The zero-order valence-corrected chi connectivity index (χ0v) is 11.6. The lowest BCUT2D eigenvalue weighted by molar-refractivity contribution is 0.0695. The summed E-state index contributed by atoms with van der Waals surface area (Å²) in [5.41, 5.74) is 0.0995. The van der Waals surface area contributed by atoms with Gasteiger partial charge in [0.15, 0.2) is 9.84 Å². The van der Waals surface area contributed by atoms with Crippen molar-refractivity contribution in [1.29, 1.82) is 0 Å². The monoisotopic (exact) mass is 301 g/mol. The van der Waals surface area contributed by atoms with Gasteiger partial charge in [0.2, 0.25) is 0 Å². The Kier molecular flexibility index (Phi) is 3.51. The second-order valence-electron chi connectivity index (χ2n) is 4.33. The molecule has 0 unspecified atom stereocenters. The van der Waals surface area contributed by atoms with Crippen molar-refractivity contribution < 1.29 is 27.5 Å². The first kappa shape index (κ1) is 14.4. The Morgan fingerprint density at radius 1 is 1.50 bits per heavy atom. The molecule has 1 aliphatic rings. The van der Waals surface area contributed by atoms with E-state index in [-0.39, 0.29) is 34.6 Å². The zero-order chi connectivity index (χ0) is 15.1. The van der Waals surface area contributed by atoms with E-state index >= 15 is 0 Å². The lowest BCUT2D eigenvalue weighted by Crippen LogP contribution is -2.26. The van der Waals surface area contributed by atoms with Gasteiger partial charge in [0.1, 0.15) is 17.8 Å². The van der Waals surface area contributed by atoms with Crippen LogP contribution in [0.1, 0.15) is 27.9 Å². The van der Waals surface area contributed by atoms with Crippen LogP contribution in [0.5, 0.6) is 0 Å². The molecule has 20 heavy (non-hydrogen) atoms. The lowest BCUT2D eigenvalue weighted by atomic mass is 9.96. The number of oxime groups is 1. The van der Waals surface area contributed by atoms with Crippen LogP contribution in [0.3, 0.4) is 0 Å². The van der Waals surface area contributed by atoms with E-state index in [9.17, 15) is 17.6 Å². The summed E-state index contributed by atoms with van der Waals surface area (Å²) in [5.74, 6) is -2.69. The Hall–Kier alpha value is -1.96. The highest BCUT2D eigenvalue weighted by atomic mass is 32.2. The van der Waals surface area contributed by atoms with E-state index in [1.165, 1.54) is 14.0 Å². The molecular weight excluding hydrogens is 289 g/mol. The average Bonchev–Trinajstić information content (AvgIpc) is 2.35. The molecule has 0 aliphatic carbocycles. The third-order valence-electron chi connectivity index (χ3n) is 3.13. The maximum Gasteiger partial charge on any atom is 0.336 e. The molecule has 2 rings (SSSR count). The van der Waals surface area contributed by atoms with Gasteiger partial charge in [-0.2, -0.15) is 0 Å². The largest absolute Gasteiger partial charge is 0.478 e. The van der Waals surface area contributed by atoms with Crippen molar-refractivity contribution in [1.82, 2.24) is 0 Å². The third-order valence-corrected chi connectivity index (χ3v) is 4.90. The molecule has 0 spiro atoms. The van der Waals surface area contributed by atoms with Crippen molar-refractivity contribution in [2.45, 2.75) is 18.2 Å². The number of carbonyl (C=O) groups is 1. The number of carboxylic acid groups (broad SMARTS) is 1. The smallest absolute Gasteiger partial charge is 0.336 e. The van der Waals surface area contributed by atoms with E-state index in [0.29, 0.717) is 0 Å². The number of benzene rings is 1. The number of halogens is 1. The molecule has 0 amide bonds. The van der Waals surface area contributed by atoms with E-state index < -0.39 is 26.5 Å². The summed E-state index contributed by atoms with van der Waals surface area (Å²) < 4.78 is 38.0. The normalized spacial score (nSPS) is 18.6. The fourth-order valence-corrected chi connectivity index (χ4v) is 3.86. The van der Waals surface area contributed by atoms with Crippen molar-refractivity contribution >= 4 is 21.5 Å². The van der Waals surface area contributed by atoms with Gasteiger partial charge in [-0.3, -0.25) is 0 Å². The van der Waals surface area contributed by atoms with Crippen molar-refractivity contribution in [2.75, 3.05) is 12.9 Å². The van der Waals surface area contributed by atoms with E-state index in [1.54, 1.807) is 0 Å². The van der Waals surface area contributed by atoms with Gasteiger partial charge in [0, 0.05) is 12.0 Å². The molecule has 108 valence electrons. The predicted molar refractivity (Wildman–Crippen MR) is 68.3 cm³/mol. The quantitative estimate of drug-likeness (QED) is 0.832. The van der Waals surface area contributed by atoms with E-state index in [1.807, 2.05) is 0 Å². The van der Waals surface area contributed by atoms with Crippen molar-refractivity contribution in [3.8, 4) is 0 Å². The molecule has 0 saturated heterocycles. The zero-order valence-electron chi connectivity index (χ0n) is 10.8. The highest BCUT2D eigenvalue weighted by molar-refractivity contribution is 7.91. The molecule has 1 aromatic rings. The van der Waals surface area contributed by atoms with E-state index in [4.69, 9.17) is 5.11 Å². The number of hydrogen-bond acceptors (Lipinski definition) is 5. The number of carboxylic acids is 1. The number of sulfone groups is 1. The van der Waals surface area contributed by atoms with Gasteiger partial charge < -0.3 is 9.94 Å². The minimum Gasteiger partial charge on any atom is -0.478 e. The SMILES string of the molecule is CON=C1CCS(=O)(=O)c2c(F)cc(C(=O)O)c(C)c21. The third kappa shape index (κ3) is 2.15. The van der Waals surface area contributed by atoms with E-state index in [2.05, 4.69) is 9.99 Å². The van der Waals surface area contributed by atoms with E-state index in [0.717, 1.165) is 6.07 Å². The van der Waals surface area contributed by atoms with Crippen LogP contribution in [-0.2, 0) is 14.7 Å². The Labute approximate surface area is 114 Å². The van der Waals surface area contributed by atoms with Crippen LogP contribution in [-0.4, -0.2) is 38.1 Å². The number of fused-ring (bicyclic) bond motifs is 1. The molecule has 8 heteroatoms. The Balaban J connectivity index is 2.91. The molecule has 0 bridgehead atoms. The van der Waals surface area contributed by atoms with Crippen molar-refractivity contribution in [3.63, 3.8) is 0 Å². The van der Waals surface area contributed by atoms with Gasteiger partial charge in [-0.15, -0.1) is 0 Å². The molecule has 1 aromatic carbocycles. The summed E-state index contributed by atoms with van der Waals surface area (Å²) in [6.07, 6.45) is 0.0481. The van der Waals surface area contributed by atoms with Crippen molar-refractivity contribution in [2.24, 2.45) is 5.16 Å². The Morgan fingerprint density at radius 3 is 2.70 bits per heavy atom. The number of hydrogen-bond donors (Lipinski definition) is 1. The van der Waals surface area contributed by atoms with Gasteiger partial charge in [-0.25, -0.2) is 17.6 Å². The number of aromatic carboxylic acids is 1. The Bertz CT molecular complexity index is 724. The first-order chi connectivity index (χ1) is 9.29. The fraction of sp³-hybridized carbons (Fsp3) is 0.333. The maximum absolute atomic E-state index is 14.0. The minimum atomic E-state index is -3.79. The van der Waals surface area contributed by atoms with Crippen LogP contribution in [0.4, 0.5) is 4.39 Å². The van der Waals surface area contributed by atoms with Gasteiger partial charge >= 0.3 is 5.97 Å². The molecular formula is C12H12FNO5S. The predicted octanol–water partition coefficient (Wildman–Crippen LogP) is 1.36. The second-order valence-corrected chi connectivity index (χ2v) is 6.38. The summed E-state index contributed by atoms with van der Waals surface area (Å²) in [6.45, 7) is 1.42. The molecule has 0 aromatic heterocycles. The van der Waals surface area contributed by atoms with Gasteiger partial charge in [-0.05, 0) is 18.6 Å². The summed E-state index contributed by atoms with van der Waals surface area (Å²) >= 11 is 0. The first-order valence-electron chi connectivity index (χ1n) is 5.69. The van der Waals surface area contributed by atoms with Crippen LogP contribution in [0.15, 0.2) is 16.1 Å². The standard InChI is InChI=1S/C12H12FNO5S/c1-6-7(12(15)16)5-8(13)11-10(6)9(14-19-2)3-4-20(11,17)18/h5H,3-4H2,1-2H3,(H,15,16). The average molecular weight is 301 g/mol. The van der Waals surface area contributed by atoms with Crippen LogP contribution in [0.2, 0.25) is 0 Å². The first-order valence-corrected chi connectivity index (χ1v) is 7.34. The summed E-state index contributed by atoms with van der Waals surface area (Å²) in [6, 6.07) is 0.726. The minimum absolute atomic E-state index is 0.00417. The molecule has 1 aliphatic heterocycles. The van der Waals surface area contributed by atoms with Gasteiger partial charge in [-0.1, -0.05) is 5.16 Å². The van der Waals surface area contributed by atoms with Crippen LogP contribution < -0.4 is 0 Å². The van der Waals surface area contributed by atoms with Crippen LogP contribution in [0.25, 0.3) is 0 Å². The second kappa shape index (κ2) is 4.86. The molecule has 0 atom stereocenters. The topological polar surface area (TPSA) is 93.0 Å².